The molecule has 0 radical (unpaired) electrons. The molecular weight excluding hydrogens is 296 g/mol. The van der Waals surface area contributed by atoms with Gasteiger partial charge in [0.1, 0.15) is 5.82 Å². The van der Waals surface area contributed by atoms with Gasteiger partial charge in [0.2, 0.25) is 0 Å². The molecule has 0 heterocycles. The highest BCUT2D eigenvalue weighted by Crippen LogP contribution is 2.27. The Kier molecular flexibility index (Phi) is 5.41. The molecule has 0 aliphatic rings. The van der Waals surface area contributed by atoms with Crippen molar-refractivity contribution in [1.82, 2.24) is 5.32 Å². The van der Waals surface area contributed by atoms with Crippen molar-refractivity contribution in [2.24, 2.45) is 0 Å². The van der Waals surface area contributed by atoms with Crippen LogP contribution in [0.15, 0.2) is 42.5 Å². The molecule has 0 bridgehead atoms. The predicted molar refractivity (Wildman–Crippen MR) is 83.0 cm³/mol. The maximum absolute atomic E-state index is 13.2. The number of likely N-dealkylation sites (N-methyl/N-ethyl adjacent to an activating group) is 1. The van der Waals surface area contributed by atoms with Crippen LogP contribution in [-0.4, -0.2) is 6.54 Å². The van der Waals surface area contributed by atoms with Crippen LogP contribution in [0.1, 0.15) is 24.1 Å². The van der Waals surface area contributed by atoms with E-state index in [0.717, 1.165) is 22.7 Å². The monoisotopic (exact) mass is 311 g/mol. The Hall–Kier alpha value is -1.09. The second kappa shape index (κ2) is 7.07. The topological polar surface area (TPSA) is 12.0 Å². The molecule has 4 heteroatoms. The highest BCUT2D eigenvalue weighted by atomic mass is 35.5. The van der Waals surface area contributed by atoms with Crippen LogP contribution in [0.5, 0.6) is 0 Å². The number of nitrogens with one attached hydrogen (secondary N) is 1. The van der Waals surface area contributed by atoms with Crippen molar-refractivity contribution in [2.45, 2.75) is 19.4 Å². The lowest BCUT2D eigenvalue weighted by Gasteiger charge is -2.20. The first-order valence-corrected chi connectivity index (χ1v) is 7.29. The summed E-state index contributed by atoms with van der Waals surface area (Å²) in [6, 6.07) is 12.6. The second-order valence-corrected chi connectivity index (χ2v) is 5.40. The summed E-state index contributed by atoms with van der Waals surface area (Å²) in [6.07, 6.45) is 0.706. The normalized spacial score (nSPS) is 12.4. The van der Waals surface area contributed by atoms with E-state index < -0.39 is 5.82 Å². The molecule has 106 valence electrons. The molecule has 0 spiro atoms. The lowest BCUT2D eigenvalue weighted by Crippen LogP contribution is -2.23. The fourth-order valence-electron chi connectivity index (χ4n) is 2.20. The van der Waals surface area contributed by atoms with E-state index in [2.05, 4.69) is 5.32 Å². The van der Waals surface area contributed by atoms with Gasteiger partial charge in [-0.15, -0.1) is 0 Å². The second-order valence-electron chi connectivity index (χ2n) is 4.58. The zero-order valence-electron chi connectivity index (χ0n) is 11.2. The first-order chi connectivity index (χ1) is 9.61. The number of benzene rings is 2. The molecular formula is C16H16Cl2FN. The van der Waals surface area contributed by atoms with Crippen LogP contribution in [0, 0.1) is 5.82 Å². The maximum Gasteiger partial charge on any atom is 0.141 e. The van der Waals surface area contributed by atoms with E-state index in [4.69, 9.17) is 23.2 Å². The van der Waals surface area contributed by atoms with Gasteiger partial charge in [-0.3, -0.25) is 0 Å². The maximum atomic E-state index is 13.2. The first-order valence-electron chi connectivity index (χ1n) is 6.53. The zero-order chi connectivity index (χ0) is 14.5. The standard InChI is InChI=1S/C16H16Cl2FN/c1-2-20-16(12-5-3-4-6-13(12)17)10-11-7-8-15(19)14(18)9-11/h3-9,16,20H,2,10H2,1H3. The van der Waals surface area contributed by atoms with Crippen molar-refractivity contribution >= 4 is 23.2 Å². The first kappa shape index (κ1) is 15.3. The lowest BCUT2D eigenvalue weighted by molar-refractivity contribution is 0.549. The van der Waals surface area contributed by atoms with E-state index in [0.29, 0.717) is 6.42 Å². The van der Waals surface area contributed by atoms with E-state index >= 15 is 0 Å². The van der Waals surface area contributed by atoms with Gasteiger partial charge in [-0.25, -0.2) is 4.39 Å². The van der Waals surface area contributed by atoms with Crippen molar-refractivity contribution in [3.05, 3.63) is 69.5 Å². The molecule has 0 amide bonds. The molecule has 1 unspecified atom stereocenters. The van der Waals surface area contributed by atoms with Gasteiger partial charge in [0.25, 0.3) is 0 Å². The third kappa shape index (κ3) is 3.72. The van der Waals surface area contributed by atoms with Gasteiger partial charge in [0.15, 0.2) is 0 Å². The Morgan fingerprint density at radius 3 is 2.50 bits per heavy atom. The minimum absolute atomic E-state index is 0.0789. The summed E-state index contributed by atoms with van der Waals surface area (Å²) < 4.78 is 13.2. The number of halogens is 3. The van der Waals surface area contributed by atoms with Crippen LogP contribution in [-0.2, 0) is 6.42 Å². The highest BCUT2D eigenvalue weighted by molar-refractivity contribution is 6.31. The van der Waals surface area contributed by atoms with E-state index in [1.807, 2.05) is 31.2 Å². The predicted octanol–water partition coefficient (Wildman–Crippen LogP) is 5.03. The molecule has 0 aromatic heterocycles. The Bertz CT molecular complexity index is 586. The summed E-state index contributed by atoms with van der Waals surface area (Å²) in [5, 5.41) is 4.28. The van der Waals surface area contributed by atoms with E-state index in [1.54, 1.807) is 12.1 Å². The lowest BCUT2D eigenvalue weighted by atomic mass is 9.98. The Balaban J connectivity index is 2.25. The number of hydrogen-bond donors (Lipinski definition) is 1. The van der Waals surface area contributed by atoms with Crippen LogP contribution in [0.25, 0.3) is 0 Å². The number of rotatable bonds is 5. The van der Waals surface area contributed by atoms with E-state index in [-0.39, 0.29) is 11.1 Å². The van der Waals surface area contributed by atoms with E-state index in [9.17, 15) is 4.39 Å². The van der Waals surface area contributed by atoms with Gasteiger partial charge in [-0.05, 0) is 42.3 Å². The van der Waals surface area contributed by atoms with E-state index in [1.165, 1.54) is 6.07 Å². The largest absolute Gasteiger partial charge is 0.310 e. The van der Waals surface area contributed by atoms with Gasteiger partial charge in [0.05, 0.1) is 5.02 Å². The van der Waals surface area contributed by atoms with Crippen LogP contribution >= 0.6 is 23.2 Å². The summed E-state index contributed by atoms with van der Waals surface area (Å²) in [4.78, 5) is 0. The molecule has 2 aromatic rings. The molecule has 0 saturated carbocycles. The minimum atomic E-state index is -0.395. The molecule has 1 atom stereocenters. The van der Waals surface area contributed by atoms with Gasteiger partial charge in [0, 0.05) is 11.1 Å². The fourth-order valence-corrected chi connectivity index (χ4v) is 2.67. The van der Waals surface area contributed by atoms with Gasteiger partial charge in [-0.1, -0.05) is 54.4 Å². The third-order valence-electron chi connectivity index (χ3n) is 3.16. The Morgan fingerprint density at radius 1 is 1.10 bits per heavy atom. The molecule has 0 aliphatic heterocycles. The molecule has 20 heavy (non-hydrogen) atoms. The van der Waals surface area contributed by atoms with Crippen LogP contribution in [0.2, 0.25) is 10.0 Å². The van der Waals surface area contributed by atoms with Crippen LogP contribution < -0.4 is 5.32 Å². The molecule has 0 aliphatic carbocycles. The molecule has 0 fully saturated rings. The number of hydrogen-bond acceptors (Lipinski definition) is 1. The SMILES string of the molecule is CCNC(Cc1ccc(F)c(Cl)c1)c1ccccc1Cl. The van der Waals surface area contributed by atoms with Crippen LogP contribution in [0.3, 0.4) is 0 Å². The minimum Gasteiger partial charge on any atom is -0.310 e. The van der Waals surface area contributed by atoms with Crippen LogP contribution in [0.4, 0.5) is 4.39 Å². The Morgan fingerprint density at radius 2 is 1.85 bits per heavy atom. The quantitative estimate of drug-likeness (QED) is 0.817. The summed E-state index contributed by atoms with van der Waals surface area (Å²) in [6.45, 7) is 2.87. The summed E-state index contributed by atoms with van der Waals surface area (Å²) in [5.74, 6) is -0.395. The van der Waals surface area contributed by atoms with Crippen molar-refractivity contribution < 1.29 is 4.39 Å². The summed E-state index contributed by atoms with van der Waals surface area (Å²) >= 11 is 12.1. The highest BCUT2D eigenvalue weighted by Gasteiger charge is 2.14. The summed E-state index contributed by atoms with van der Waals surface area (Å²) in [7, 11) is 0. The third-order valence-corrected chi connectivity index (χ3v) is 3.79. The molecule has 2 aromatic carbocycles. The van der Waals surface area contributed by atoms with Gasteiger partial charge in [-0.2, -0.15) is 0 Å². The fraction of sp³-hybridized carbons (Fsp3) is 0.250. The average molecular weight is 312 g/mol. The van der Waals surface area contributed by atoms with Crippen molar-refractivity contribution in [3.8, 4) is 0 Å². The molecule has 1 nitrogen and oxygen atoms in total. The molecule has 1 N–H and O–H groups in total. The molecule has 2 rings (SSSR count). The van der Waals surface area contributed by atoms with Crippen molar-refractivity contribution in [1.29, 1.82) is 0 Å². The van der Waals surface area contributed by atoms with Crippen molar-refractivity contribution in [2.75, 3.05) is 6.54 Å². The average Bonchev–Trinajstić information content (AvgIpc) is 2.43. The van der Waals surface area contributed by atoms with Crippen molar-refractivity contribution in [3.63, 3.8) is 0 Å². The molecule has 0 saturated heterocycles. The zero-order valence-corrected chi connectivity index (χ0v) is 12.7. The summed E-state index contributed by atoms with van der Waals surface area (Å²) in [5.41, 5.74) is 2.01. The smallest absolute Gasteiger partial charge is 0.141 e. The van der Waals surface area contributed by atoms with Gasteiger partial charge >= 0.3 is 0 Å². The Labute approximate surface area is 128 Å². The van der Waals surface area contributed by atoms with Gasteiger partial charge < -0.3 is 5.32 Å².